The van der Waals surface area contributed by atoms with Crippen molar-refractivity contribution in [2.75, 3.05) is 6.54 Å². The van der Waals surface area contributed by atoms with Crippen LogP contribution >= 0.6 is 0 Å². The van der Waals surface area contributed by atoms with Gasteiger partial charge in [-0.1, -0.05) is 12.1 Å². The van der Waals surface area contributed by atoms with E-state index >= 15 is 0 Å². The summed E-state index contributed by atoms with van der Waals surface area (Å²) in [5.41, 5.74) is 4.46. The van der Waals surface area contributed by atoms with Crippen LogP contribution in [0.5, 0.6) is 0 Å². The van der Waals surface area contributed by atoms with Crippen molar-refractivity contribution in [3.63, 3.8) is 0 Å². The number of amides is 1. The fourth-order valence-corrected chi connectivity index (χ4v) is 2.70. The van der Waals surface area contributed by atoms with E-state index in [4.69, 9.17) is 0 Å². The summed E-state index contributed by atoms with van der Waals surface area (Å²) in [5, 5.41) is 4.13. The molecule has 2 aromatic rings. The monoisotopic (exact) mass is 228 g/mol. The highest BCUT2D eigenvalue weighted by Crippen LogP contribution is 2.30. The predicted molar refractivity (Wildman–Crippen MR) is 68.5 cm³/mol. The van der Waals surface area contributed by atoms with Crippen molar-refractivity contribution < 1.29 is 4.79 Å². The Hall–Kier alpha value is -1.77. The summed E-state index contributed by atoms with van der Waals surface area (Å²) in [7, 11) is 0. The second-order valence-electron chi connectivity index (χ2n) is 4.92. The van der Waals surface area contributed by atoms with Crippen LogP contribution in [-0.2, 0) is 0 Å². The topological polar surface area (TPSA) is 34.0 Å². The molecule has 3 rings (SSSR count). The fourth-order valence-electron chi connectivity index (χ4n) is 2.70. The lowest BCUT2D eigenvalue weighted by Gasteiger charge is -2.24. The number of benzene rings is 1. The minimum Gasteiger partial charge on any atom is -0.349 e. The number of fused-ring (bicyclic) bond motifs is 3. The van der Waals surface area contributed by atoms with E-state index in [0.717, 1.165) is 5.69 Å². The molecule has 1 unspecified atom stereocenters. The zero-order valence-corrected chi connectivity index (χ0v) is 10.4. The maximum absolute atomic E-state index is 11.9. The van der Waals surface area contributed by atoms with Gasteiger partial charge in [0.1, 0.15) is 5.69 Å². The number of aromatic nitrogens is 1. The number of aryl methyl sites for hydroxylation is 2. The highest BCUT2D eigenvalue weighted by atomic mass is 16.2. The maximum Gasteiger partial charge on any atom is 0.268 e. The predicted octanol–water partition coefficient (Wildman–Crippen LogP) is 2.56. The molecule has 1 aliphatic heterocycles. The molecule has 1 amide bonds. The molecule has 1 aromatic heterocycles. The first kappa shape index (κ1) is 10.4. The molecule has 17 heavy (non-hydrogen) atoms. The van der Waals surface area contributed by atoms with E-state index in [1.54, 1.807) is 0 Å². The third kappa shape index (κ3) is 1.32. The summed E-state index contributed by atoms with van der Waals surface area (Å²) in [5.74, 6) is 0.0399. The van der Waals surface area contributed by atoms with Gasteiger partial charge in [0.25, 0.3) is 5.91 Å². The minimum absolute atomic E-state index is 0.0399. The van der Waals surface area contributed by atoms with E-state index in [1.807, 2.05) is 6.07 Å². The van der Waals surface area contributed by atoms with Crippen LogP contribution in [0.15, 0.2) is 18.2 Å². The minimum atomic E-state index is 0.0399. The smallest absolute Gasteiger partial charge is 0.268 e. The molecule has 3 heteroatoms. The summed E-state index contributed by atoms with van der Waals surface area (Å²) in [6.07, 6.45) is 0. The Morgan fingerprint density at radius 1 is 1.29 bits per heavy atom. The lowest BCUT2D eigenvalue weighted by atomic mass is 10.1. The fraction of sp³-hybridized carbons (Fsp3) is 0.357. The first-order valence-corrected chi connectivity index (χ1v) is 5.99. The van der Waals surface area contributed by atoms with Crippen molar-refractivity contribution in [3.05, 3.63) is 35.0 Å². The second-order valence-corrected chi connectivity index (χ2v) is 4.92. The van der Waals surface area contributed by atoms with Gasteiger partial charge in [0.2, 0.25) is 0 Å². The van der Waals surface area contributed by atoms with Crippen molar-refractivity contribution in [3.8, 4) is 0 Å². The van der Waals surface area contributed by atoms with Crippen LogP contribution in [-0.4, -0.2) is 17.0 Å². The summed E-state index contributed by atoms with van der Waals surface area (Å²) < 4.78 is 2.18. The Balaban J connectivity index is 2.46. The van der Waals surface area contributed by atoms with Crippen LogP contribution < -0.4 is 5.32 Å². The molecule has 1 N–H and O–H groups in total. The van der Waals surface area contributed by atoms with Gasteiger partial charge in [0.15, 0.2) is 0 Å². The maximum atomic E-state index is 11.9. The largest absolute Gasteiger partial charge is 0.349 e. The lowest BCUT2D eigenvalue weighted by molar-refractivity contribution is 0.0919. The molecule has 2 heterocycles. The first-order chi connectivity index (χ1) is 8.09. The standard InChI is InChI=1S/C14H16N2O/c1-8-4-5-9(2)13-11(8)6-12-14(17)15-7-10(3)16(12)13/h4-6,10H,7H2,1-3H3,(H,15,17). The summed E-state index contributed by atoms with van der Waals surface area (Å²) >= 11 is 0. The van der Waals surface area contributed by atoms with Gasteiger partial charge >= 0.3 is 0 Å². The van der Waals surface area contributed by atoms with Gasteiger partial charge in [-0.05, 0) is 38.0 Å². The zero-order chi connectivity index (χ0) is 12.2. The Bertz CT molecular complexity index is 625. The molecule has 3 nitrogen and oxygen atoms in total. The molecule has 0 radical (unpaired) electrons. The molecule has 0 saturated heterocycles. The molecule has 1 aliphatic rings. The Kier molecular flexibility index (Phi) is 2.05. The van der Waals surface area contributed by atoms with Crippen LogP contribution in [0, 0.1) is 13.8 Å². The quantitative estimate of drug-likeness (QED) is 0.738. The third-order valence-electron chi connectivity index (χ3n) is 3.65. The highest BCUT2D eigenvalue weighted by Gasteiger charge is 2.25. The summed E-state index contributed by atoms with van der Waals surface area (Å²) in [6, 6.07) is 6.58. The first-order valence-electron chi connectivity index (χ1n) is 5.99. The Morgan fingerprint density at radius 3 is 2.76 bits per heavy atom. The molecule has 0 aliphatic carbocycles. The number of carbonyl (C=O) groups excluding carboxylic acids is 1. The van der Waals surface area contributed by atoms with Crippen LogP contribution in [0.4, 0.5) is 0 Å². The third-order valence-corrected chi connectivity index (χ3v) is 3.65. The Labute approximate surface area is 100 Å². The van der Waals surface area contributed by atoms with E-state index in [-0.39, 0.29) is 5.91 Å². The van der Waals surface area contributed by atoms with E-state index in [1.165, 1.54) is 22.0 Å². The second kappa shape index (κ2) is 3.36. The average Bonchev–Trinajstić information content (AvgIpc) is 2.71. The van der Waals surface area contributed by atoms with Crippen LogP contribution in [0.3, 0.4) is 0 Å². The van der Waals surface area contributed by atoms with Crippen molar-refractivity contribution in [1.82, 2.24) is 9.88 Å². The highest BCUT2D eigenvalue weighted by molar-refractivity contribution is 6.01. The van der Waals surface area contributed by atoms with Crippen molar-refractivity contribution in [1.29, 1.82) is 0 Å². The zero-order valence-electron chi connectivity index (χ0n) is 10.4. The molecular weight excluding hydrogens is 212 g/mol. The van der Waals surface area contributed by atoms with Gasteiger partial charge in [-0.15, -0.1) is 0 Å². The van der Waals surface area contributed by atoms with Gasteiger partial charge in [-0.2, -0.15) is 0 Å². The van der Waals surface area contributed by atoms with Crippen molar-refractivity contribution in [2.24, 2.45) is 0 Å². The van der Waals surface area contributed by atoms with E-state index in [0.29, 0.717) is 12.6 Å². The van der Waals surface area contributed by atoms with E-state index < -0.39 is 0 Å². The van der Waals surface area contributed by atoms with Gasteiger partial charge in [0.05, 0.1) is 5.52 Å². The van der Waals surface area contributed by atoms with Gasteiger partial charge in [-0.3, -0.25) is 4.79 Å². The molecule has 1 aromatic carbocycles. The van der Waals surface area contributed by atoms with Crippen molar-refractivity contribution >= 4 is 16.8 Å². The molecular formula is C14H16N2O. The van der Waals surface area contributed by atoms with Gasteiger partial charge in [0, 0.05) is 18.0 Å². The normalized spacial score (nSPS) is 19.2. The van der Waals surface area contributed by atoms with E-state index in [9.17, 15) is 4.79 Å². The number of hydrogen-bond donors (Lipinski definition) is 1. The SMILES string of the molecule is Cc1ccc(C)c2c1cc1n2C(C)CNC1=O. The summed E-state index contributed by atoms with van der Waals surface area (Å²) in [6.45, 7) is 7.05. The Morgan fingerprint density at radius 2 is 2.00 bits per heavy atom. The number of rotatable bonds is 0. The summed E-state index contributed by atoms with van der Waals surface area (Å²) in [4.78, 5) is 11.9. The van der Waals surface area contributed by atoms with E-state index in [2.05, 4.69) is 42.8 Å². The molecule has 1 atom stereocenters. The van der Waals surface area contributed by atoms with Crippen molar-refractivity contribution in [2.45, 2.75) is 26.8 Å². The number of carbonyl (C=O) groups is 1. The molecule has 0 fully saturated rings. The molecule has 0 spiro atoms. The molecule has 88 valence electrons. The number of hydrogen-bond acceptors (Lipinski definition) is 1. The van der Waals surface area contributed by atoms with Crippen LogP contribution in [0.25, 0.3) is 10.9 Å². The number of nitrogens with zero attached hydrogens (tertiary/aromatic N) is 1. The lowest BCUT2D eigenvalue weighted by Crippen LogP contribution is -2.37. The average molecular weight is 228 g/mol. The van der Waals surface area contributed by atoms with Gasteiger partial charge in [-0.25, -0.2) is 0 Å². The molecule has 0 bridgehead atoms. The van der Waals surface area contributed by atoms with Crippen LogP contribution in [0.1, 0.15) is 34.6 Å². The number of nitrogens with one attached hydrogen (secondary N) is 1. The molecule has 0 saturated carbocycles. The van der Waals surface area contributed by atoms with Crippen LogP contribution in [0.2, 0.25) is 0 Å². The van der Waals surface area contributed by atoms with Gasteiger partial charge < -0.3 is 9.88 Å².